The van der Waals surface area contributed by atoms with E-state index in [0.29, 0.717) is 16.1 Å². The molecule has 3 nitrogen and oxygen atoms in total. The van der Waals surface area contributed by atoms with Crippen molar-refractivity contribution in [1.82, 2.24) is 5.32 Å². The molecule has 0 aromatic heterocycles. The Hall–Kier alpha value is -2.74. The molecule has 5 heteroatoms. The van der Waals surface area contributed by atoms with Crippen LogP contribution in [0.1, 0.15) is 40.0 Å². The van der Waals surface area contributed by atoms with Gasteiger partial charge in [0.25, 0.3) is 5.91 Å². The maximum Gasteiger partial charge on any atom is 0.252 e. The molecule has 140 valence electrons. The Labute approximate surface area is 174 Å². The molecule has 0 spiro atoms. The molecule has 1 unspecified atom stereocenters. The molecule has 0 radical (unpaired) electrons. The number of hydrogen-bond acceptors (Lipinski definition) is 3. The molecular weight excluding hydrogens is 388 g/mol. The van der Waals surface area contributed by atoms with Crippen LogP contribution in [0.25, 0.3) is 0 Å². The average Bonchev–Trinajstić information content (AvgIpc) is 2.73. The van der Waals surface area contributed by atoms with Crippen molar-refractivity contribution in [1.29, 1.82) is 5.26 Å². The van der Waals surface area contributed by atoms with Crippen molar-refractivity contribution in [3.8, 4) is 6.07 Å². The van der Waals surface area contributed by atoms with Gasteiger partial charge in [0.05, 0.1) is 23.2 Å². The average molecular weight is 407 g/mol. The van der Waals surface area contributed by atoms with E-state index in [0.717, 1.165) is 21.8 Å². The highest BCUT2D eigenvalue weighted by Crippen LogP contribution is 2.27. The fraction of sp³-hybridized carbons (Fsp3) is 0.130. The fourth-order valence-corrected chi connectivity index (χ4v) is 3.86. The molecular formula is C23H19ClN2OS. The Bertz CT molecular complexity index is 994. The molecule has 0 saturated carbocycles. The van der Waals surface area contributed by atoms with Crippen LogP contribution in [0.2, 0.25) is 5.02 Å². The molecule has 0 aliphatic carbocycles. The zero-order valence-electron chi connectivity index (χ0n) is 15.4. The molecule has 0 heterocycles. The van der Waals surface area contributed by atoms with E-state index in [4.69, 9.17) is 16.9 Å². The van der Waals surface area contributed by atoms with Gasteiger partial charge < -0.3 is 5.32 Å². The second-order valence-corrected chi connectivity index (χ2v) is 7.79. The van der Waals surface area contributed by atoms with Crippen molar-refractivity contribution in [2.75, 3.05) is 0 Å². The first kappa shape index (κ1) is 20.0. The van der Waals surface area contributed by atoms with Crippen molar-refractivity contribution < 1.29 is 4.79 Å². The van der Waals surface area contributed by atoms with Gasteiger partial charge in [0.2, 0.25) is 0 Å². The van der Waals surface area contributed by atoms with Crippen molar-refractivity contribution in [2.24, 2.45) is 0 Å². The Morgan fingerprint density at radius 2 is 1.75 bits per heavy atom. The highest BCUT2D eigenvalue weighted by atomic mass is 35.5. The fourth-order valence-electron chi connectivity index (χ4n) is 2.73. The summed E-state index contributed by atoms with van der Waals surface area (Å²) >= 11 is 7.54. The number of benzene rings is 3. The molecule has 1 amide bonds. The lowest BCUT2D eigenvalue weighted by Crippen LogP contribution is -2.27. The number of halogens is 1. The lowest BCUT2D eigenvalue weighted by Gasteiger charge is -2.16. The highest BCUT2D eigenvalue weighted by molar-refractivity contribution is 7.98. The van der Waals surface area contributed by atoms with Gasteiger partial charge in [0.15, 0.2) is 0 Å². The molecule has 3 aromatic carbocycles. The normalized spacial score (nSPS) is 11.5. The molecule has 0 bridgehead atoms. The topological polar surface area (TPSA) is 52.9 Å². The molecule has 0 saturated heterocycles. The third-order valence-electron chi connectivity index (χ3n) is 4.33. The van der Waals surface area contributed by atoms with Gasteiger partial charge in [-0.05, 0) is 54.4 Å². The summed E-state index contributed by atoms with van der Waals surface area (Å²) in [6, 6.07) is 24.6. The van der Waals surface area contributed by atoms with E-state index in [-0.39, 0.29) is 11.9 Å². The predicted molar refractivity (Wildman–Crippen MR) is 114 cm³/mol. The minimum absolute atomic E-state index is 0.106. The van der Waals surface area contributed by atoms with Crippen LogP contribution >= 0.6 is 23.4 Å². The first-order chi connectivity index (χ1) is 13.6. The van der Waals surface area contributed by atoms with E-state index < -0.39 is 0 Å². The maximum absolute atomic E-state index is 12.8. The third-order valence-corrected chi connectivity index (χ3v) is 5.72. The Morgan fingerprint density at radius 1 is 1.07 bits per heavy atom. The second-order valence-electron chi connectivity index (χ2n) is 6.34. The van der Waals surface area contributed by atoms with Crippen LogP contribution in [0.4, 0.5) is 0 Å². The van der Waals surface area contributed by atoms with Gasteiger partial charge >= 0.3 is 0 Å². The van der Waals surface area contributed by atoms with Crippen molar-refractivity contribution >= 4 is 29.3 Å². The van der Waals surface area contributed by atoms with Crippen LogP contribution < -0.4 is 5.32 Å². The minimum atomic E-state index is -0.124. The summed E-state index contributed by atoms with van der Waals surface area (Å²) < 4.78 is 0. The number of nitrogens with one attached hydrogen (secondary N) is 1. The van der Waals surface area contributed by atoms with Gasteiger partial charge in [-0.25, -0.2) is 0 Å². The van der Waals surface area contributed by atoms with Crippen molar-refractivity contribution in [2.45, 2.75) is 23.6 Å². The summed E-state index contributed by atoms with van der Waals surface area (Å²) in [6.07, 6.45) is 0. The van der Waals surface area contributed by atoms with Crippen LogP contribution in [-0.2, 0) is 5.75 Å². The number of carbonyl (C=O) groups is 1. The molecule has 0 aliphatic rings. The molecule has 0 fully saturated rings. The van der Waals surface area contributed by atoms with E-state index in [2.05, 4.69) is 11.4 Å². The van der Waals surface area contributed by atoms with Crippen LogP contribution in [0, 0.1) is 11.3 Å². The maximum atomic E-state index is 12.8. The first-order valence-electron chi connectivity index (χ1n) is 8.84. The first-order valence-corrected chi connectivity index (χ1v) is 10.2. The van der Waals surface area contributed by atoms with Crippen LogP contribution in [0.3, 0.4) is 0 Å². The SMILES string of the molecule is CC(NC(=O)c1ccccc1SCc1ccc(C#N)cc1)c1ccc(Cl)cc1. The number of carbonyl (C=O) groups excluding carboxylic acids is 1. The predicted octanol–water partition coefficient (Wildman–Crippen LogP) is 5.99. The number of nitrogens with zero attached hydrogens (tertiary/aromatic N) is 1. The van der Waals surface area contributed by atoms with Gasteiger partial charge in [-0.3, -0.25) is 4.79 Å². The summed E-state index contributed by atoms with van der Waals surface area (Å²) in [5.74, 6) is 0.619. The monoisotopic (exact) mass is 406 g/mol. The van der Waals surface area contributed by atoms with Gasteiger partial charge in [-0.1, -0.05) is 48.0 Å². The number of nitriles is 1. The third kappa shape index (κ3) is 5.16. The molecule has 0 aliphatic heterocycles. The van der Waals surface area contributed by atoms with E-state index in [1.807, 2.05) is 79.7 Å². The minimum Gasteiger partial charge on any atom is -0.345 e. The molecule has 3 aromatic rings. The number of rotatable bonds is 6. The summed E-state index contributed by atoms with van der Waals surface area (Å²) in [5.41, 5.74) is 3.40. The van der Waals surface area contributed by atoms with Gasteiger partial charge in [0.1, 0.15) is 0 Å². The van der Waals surface area contributed by atoms with Gasteiger partial charge in [-0.15, -0.1) is 11.8 Å². The lowest BCUT2D eigenvalue weighted by molar-refractivity contribution is 0.0937. The van der Waals surface area contributed by atoms with Gasteiger partial charge in [0, 0.05) is 15.7 Å². The summed E-state index contributed by atoms with van der Waals surface area (Å²) in [5, 5.41) is 12.6. The van der Waals surface area contributed by atoms with Crippen LogP contribution in [-0.4, -0.2) is 5.91 Å². The van der Waals surface area contributed by atoms with Crippen molar-refractivity contribution in [3.63, 3.8) is 0 Å². The number of amides is 1. The molecule has 3 rings (SSSR count). The second kappa shape index (κ2) is 9.45. The van der Waals surface area contributed by atoms with E-state index in [9.17, 15) is 4.79 Å². The lowest BCUT2D eigenvalue weighted by atomic mass is 10.1. The zero-order chi connectivity index (χ0) is 19.9. The largest absolute Gasteiger partial charge is 0.345 e. The summed E-state index contributed by atoms with van der Waals surface area (Å²) in [4.78, 5) is 13.7. The van der Waals surface area contributed by atoms with E-state index in [1.54, 1.807) is 11.8 Å². The number of thioether (sulfide) groups is 1. The summed E-state index contributed by atoms with van der Waals surface area (Å²) in [7, 11) is 0. The smallest absolute Gasteiger partial charge is 0.252 e. The van der Waals surface area contributed by atoms with E-state index >= 15 is 0 Å². The van der Waals surface area contributed by atoms with Crippen LogP contribution in [0.15, 0.2) is 77.7 Å². The van der Waals surface area contributed by atoms with Crippen molar-refractivity contribution in [3.05, 3.63) is 100 Å². The Morgan fingerprint density at radius 3 is 2.43 bits per heavy atom. The standard InChI is InChI=1S/C23H19ClN2OS/c1-16(19-10-12-20(24)13-11-19)26-23(27)21-4-2-3-5-22(21)28-15-18-8-6-17(14-25)7-9-18/h2-13,16H,15H2,1H3,(H,26,27). The summed E-state index contributed by atoms with van der Waals surface area (Å²) in [6.45, 7) is 1.95. The molecule has 1 N–H and O–H groups in total. The van der Waals surface area contributed by atoms with E-state index in [1.165, 1.54) is 0 Å². The molecule has 1 atom stereocenters. The quantitative estimate of drug-likeness (QED) is 0.511. The zero-order valence-corrected chi connectivity index (χ0v) is 16.9. The number of hydrogen-bond donors (Lipinski definition) is 1. The van der Waals surface area contributed by atoms with Crippen LogP contribution in [0.5, 0.6) is 0 Å². The Kier molecular flexibility index (Phi) is 6.76. The highest BCUT2D eigenvalue weighted by Gasteiger charge is 2.15. The Balaban J connectivity index is 1.69. The van der Waals surface area contributed by atoms with Gasteiger partial charge in [-0.2, -0.15) is 5.26 Å². The molecule has 28 heavy (non-hydrogen) atoms.